The molecule has 16 heavy (non-hydrogen) atoms. The Balaban J connectivity index is 2.18. The lowest BCUT2D eigenvalue weighted by molar-refractivity contribution is -0.127. The van der Waals surface area contributed by atoms with Gasteiger partial charge in [0, 0.05) is 23.8 Å². The summed E-state index contributed by atoms with van der Waals surface area (Å²) in [7, 11) is 0. The summed E-state index contributed by atoms with van der Waals surface area (Å²) in [5.41, 5.74) is 0.494. The molecular formula is C10H12BrN3O2. The summed E-state index contributed by atoms with van der Waals surface area (Å²) >= 11 is 3.27. The smallest absolute Gasteiger partial charge is 0.271 e. The lowest BCUT2D eigenvalue weighted by Gasteiger charge is -2.32. The molecule has 1 fully saturated rings. The summed E-state index contributed by atoms with van der Waals surface area (Å²) in [6, 6.07) is 1.30. The van der Waals surface area contributed by atoms with E-state index in [0.29, 0.717) is 18.8 Å². The molecule has 0 spiro atoms. The molecule has 0 aromatic carbocycles. The summed E-state index contributed by atoms with van der Waals surface area (Å²) in [6.45, 7) is 2.78. The van der Waals surface area contributed by atoms with Crippen molar-refractivity contribution < 1.29 is 9.59 Å². The Kier molecular flexibility index (Phi) is 3.00. The second-order valence-electron chi connectivity index (χ2n) is 3.70. The van der Waals surface area contributed by atoms with Crippen LogP contribution in [0.5, 0.6) is 0 Å². The van der Waals surface area contributed by atoms with E-state index in [1.165, 1.54) is 0 Å². The fourth-order valence-electron chi connectivity index (χ4n) is 1.71. The van der Waals surface area contributed by atoms with Crippen LogP contribution in [-0.4, -0.2) is 40.8 Å². The first-order valence-electron chi connectivity index (χ1n) is 5.02. The van der Waals surface area contributed by atoms with Crippen LogP contribution in [0.15, 0.2) is 16.7 Å². The predicted octanol–water partition coefficient (Wildman–Crippen LogP) is 0.738. The van der Waals surface area contributed by atoms with Crippen LogP contribution in [0.2, 0.25) is 0 Å². The van der Waals surface area contributed by atoms with Crippen molar-refractivity contribution in [2.24, 2.45) is 0 Å². The van der Waals surface area contributed by atoms with E-state index in [4.69, 9.17) is 0 Å². The van der Waals surface area contributed by atoms with E-state index in [1.807, 2.05) is 0 Å². The maximum Gasteiger partial charge on any atom is 0.271 e. The first-order valence-corrected chi connectivity index (χ1v) is 5.81. The number of aromatic amines is 1. The minimum Gasteiger partial charge on any atom is -0.356 e. The molecule has 1 saturated heterocycles. The van der Waals surface area contributed by atoms with Crippen LogP contribution in [0.4, 0.5) is 0 Å². The maximum absolute atomic E-state index is 12.1. The van der Waals surface area contributed by atoms with Crippen molar-refractivity contribution in [2.45, 2.75) is 13.0 Å². The summed E-state index contributed by atoms with van der Waals surface area (Å²) in [4.78, 5) is 27.9. The van der Waals surface area contributed by atoms with Crippen LogP contribution in [0.1, 0.15) is 17.4 Å². The number of amides is 2. The van der Waals surface area contributed by atoms with E-state index >= 15 is 0 Å². The molecule has 86 valence electrons. The molecule has 2 N–H and O–H groups in total. The van der Waals surface area contributed by atoms with Crippen molar-refractivity contribution in [3.05, 3.63) is 22.4 Å². The predicted molar refractivity (Wildman–Crippen MR) is 62.0 cm³/mol. The van der Waals surface area contributed by atoms with Gasteiger partial charge in [-0.25, -0.2) is 0 Å². The van der Waals surface area contributed by atoms with Gasteiger partial charge >= 0.3 is 0 Å². The van der Waals surface area contributed by atoms with Crippen LogP contribution in [-0.2, 0) is 4.79 Å². The zero-order chi connectivity index (χ0) is 11.7. The molecule has 1 aliphatic heterocycles. The van der Waals surface area contributed by atoms with E-state index in [-0.39, 0.29) is 11.8 Å². The second-order valence-corrected chi connectivity index (χ2v) is 4.61. The fraction of sp³-hybridized carbons (Fsp3) is 0.400. The number of carbonyl (C=O) groups excluding carboxylic acids is 2. The Morgan fingerprint density at radius 3 is 3.00 bits per heavy atom. The molecule has 0 aliphatic carbocycles. The summed E-state index contributed by atoms with van der Waals surface area (Å²) in [6.07, 6.45) is 1.70. The molecular weight excluding hydrogens is 274 g/mol. The van der Waals surface area contributed by atoms with Crippen molar-refractivity contribution in [1.29, 1.82) is 0 Å². The summed E-state index contributed by atoms with van der Waals surface area (Å²) in [5.74, 6) is -0.252. The third-order valence-electron chi connectivity index (χ3n) is 2.64. The molecule has 1 aromatic rings. The van der Waals surface area contributed by atoms with E-state index < -0.39 is 6.04 Å². The number of hydrogen-bond acceptors (Lipinski definition) is 2. The molecule has 6 heteroatoms. The lowest BCUT2D eigenvalue weighted by atomic mass is 10.2. The summed E-state index contributed by atoms with van der Waals surface area (Å²) in [5, 5.41) is 2.72. The average molecular weight is 286 g/mol. The van der Waals surface area contributed by atoms with Gasteiger partial charge in [-0.2, -0.15) is 0 Å². The topological polar surface area (TPSA) is 65.2 Å². The Hall–Kier alpha value is -1.30. The van der Waals surface area contributed by atoms with E-state index in [9.17, 15) is 9.59 Å². The lowest BCUT2D eigenvalue weighted by Crippen LogP contribution is -2.55. The van der Waals surface area contributed by atoms with Crippen LogP contribution >= 0.6 is 15.9 Å². The van der Waals surface area contributed by atoms with Crippen LogP contribution in [0, 0.1) is 0 Å². The Morgan fingerprint density at radius 1 is 1.62 bits per heavy atom. The molecule has 2 rings (SSSR count). The number of carbonyl (C=O) groups is 2. The molecule has 0 radical (unpaired) electrons. The molecule has 1 aliphatic rings. The normalized spacial score (nSPS) is 20.8. The van der Waals surface area contributed by atoms with Gasteiger partial charge in [-0.3, -0.25) is 9.59 Å². The van der Waals surface area contributed by atoms with Gasteiger partial charge in [-0.1, -0.05) is 0 Å². The van der Waals surface area contributed by atoms with Crippen molar-refractivity contribution in [3.63, 3.8) is 0 Å². The largest absolute Gasteiger partial charge is 0.356 e. The SMILES string of the molecule is CC1C(=O)NCCN1C(=O)c1cc(Br)c[nH]1. The van der Waals surface area contributed by atoms with Crippen molar-refractivity contribution in [1.82, 2.24) is 15.2 Å². The quantitative estimate of drug-likeness (QED) is 0.799. The number of aromatic nitrogens is 1. The molecule has 1 aromatic heterocycles. The minimum atomic E-state index is -0.414. The third-order valence-corrected chi connectivity index (χ3v) is 3.10. The maximum atomic E-state index is 12.1. The molecule has 5 nitrogen and oxygen atoms in total. The molecule has 1 unspecified atom stereocenters. The Bertz CT molecular complexity index is 429. The van der Waals surface area contributed by atoms with Gasteiger partial charge in [0.05, 0.1) is 0 Å². The first-order chi connectivity index (χ1) is 7.59. The molecule has 2 heterocycles. The van der Waals surface area contributed by atoms with Gasteiger partial charge in [0.25, 0.3) is 5.91 Å². The van der Waals surface area contributed by atoms with Gasteiger partial charge in [-0.05, 0) is 28.9 Å². The molecule has 0 saturated carbocycles. The van der Waals surface area contributed by atoms with E-state index in [0.717, 1.165) is 4.47 Å². The van der Waals surface area contributed by atoms with Crippen molar-refractivity contribution in [2.75, 3.05) is 13.1 Å². The number of halogens is 1. The Labute approximate surface area is 101 Å². The van der Waals surface area contributed by atoms with Crippen LogP contribution < -0.4 is 5.32 Å². The van der Waals surface area contributed by atoms with Gasteiger partial charge in [0.15, 0.2) is 0 Å². The molecule has 2 amide bonds. The minimum absolute atomic E-state index is 0.106. The second kappa shape index (κ2) is 4.29. The highest BCUT2D eigenvalue weighted by Crippen LogP contribution is 2.14. The van der Waals surface area contributed by atoms with Gasteiger partial charge in [0.1, 0.15) is 11.7 Å². The summed E-state index contributed by atoms with van der Waals surface area (Å²) < 4.78 is 0.824. The number of rotatable bonds is 1. The average Bonchev–Trinajstić information content (AvgIpc) is 2.68. The van der Waals surface area contributed by atoms with Gasteiger partial charge < -0.3 is 15.2 Å². The third kappa shape index (κ3) is 1.97. The van der Waals surface area contributed by atoms with Crippen LogP contribution in [0.3, 0.4) is 0 Å². The van der Waals surface area contributed by atoms with Gasteiger partial charge in [-0.15, -0.1) is 0 Å². The van der Waals surface area contributed by atoms with Gasteiger partial charge in [0.2, 0.25) is 5.91 Å². The number of hydrogen-bond donors (Lipinski definition) is 2. The number of H-pyrrole nitrogens is 1. The number of piperazine rings is 1. The van der Waals surface area contributed by atoms with Crippen LogP contribution in [0.25, 0.3) is 0 Å². The molecule has 0 bridgehead atoms. The van der Waals surface area contributed by atoms with E-state index in [1.54, 1.807) is 24.1 Å². The zero-order valence-corrected chi connectivity index (χ0v) is 10.4. The first kappa shape index (κ1) is 11.2. The standard InChI is InChI=1S/C10H12BrN3O2/c1-6-9(15)12-2-3-14(6)10(16)8-4-7(11)5-13-8/h4-6,13H,2-3H2,1H3,(H,12,15). The fourth-order valence-corrected chi connectivity index (χ4v) is 2.05. The number of nitrogens with zero attached hydrogens (tertiary/aromatic N) is 1. The molecule has 1 atom stereocenters. The highest BCUT2D eigenvalue weighted by Gasteiger charge is 2.30. The number of nitrogens with one attached hydrogen (secondary N) is 2. The van der Waals surface area contributed by atoms with E-state index in [2.05, 4.69) is 26.2 Å². The highest BCUT2D eigenvalue weighted by molar-refractivity contribution is 9.10. The van der Waals surface area contributed by atoms with Crippen molar-refractivity contribution >= 4 is 27.7 Å². The Morgan fingerprint density at radius 2 is 2.38 bits per heavy atom. The van der Waals surface area contributed by atoms with Crippen molar-refractivity contribution in [3.8, 4) is 0 Å². The zero-order valence-electron chi connectivity index (χ0n) is 8.79. The monoisotopic (exact) mass is 285 g/mol. The highest BCUT2D eigenvalue weighted by atomic mass is 79.9.